The molecule has 2 rings (SSSR count). The molecule has 104 valence electrons. The molecular weight excluding hydrogens is 246 g/mol. The molecule has 0 spiro atoms. The van der Waals surface area contributed by atoms with Gasteiger partial charge < -0.3 is 19.9 Å². The number of hydrogen-bond acceptors (Lipinski definition) is 5. The van der Waals surface area contributed by atoms with Gasteiger partial charge in [0.25, 0.3) is 0 Å². The highest BCUT2D eigenvalue weighted by molar-refractivity contribution is 5.70. The van der Waals surface area contributed by atoms with Crippen LogP contribution < -0.4 is 10.1 Å². The molecule has 2 N–H and O–H groups in total. The van der Waals surface area contributed by atoms with Crippen LogP contribution in [0.15, 0.2) is 24.3 Å². The van der Waals surface area contributed by atoms with Crippen molar-refractivity contribution in [3.63, 3.8) is 0 Å². The first kappa shape index (κ1) is 13.8. The summed E-state index contributed by atoms with van der Waals surface area (Å²) in [6.07, 6.45) is 0.241. The molecule has 0 bridgehead atoms. The van der Waals surface area contributed by atoms with Gasteiger partial charge in [0.05, 0.1) is 19.6 Å². The Morgan fingerprint density at radius 1 is 1.58 bits per heavy atom. The second-order valence-electron chi connectivity index (χ2n) is 4.60. The maximum absolute atomic E-state index is 11.1. The summed E-state index contributed by atoms with van der Waals surface area (Å²) in [5, 5.41) is 13.2. The molecule has 1 aliphatic rings. The molecule has 1 aromatic carbocycles. The molecule has 1 heterocycles. The van der Waals surface area contributed by atoms with E-state index in [0.717, 1.165) is 25.3 Å². The number of benzene rings is 1. The van der Waals surface area contributed by atoms with E-state index in [2.05, 4.69) is 10.1 Å². The van der Waals surface area contributed by atoms with Crippen LogP contribution in [0.5, 0.6) is 5.75 Å². The van der Waals surface area contributed by atoms with Gasteiger partial charge in [0, 0.05) is 6.54 Å². The van der Waals surface area contributed by atoms with Gasteiger partial charge in [0.1, 0.15) is 11.9 Å². The van der Waals surface area contributed by atoms with Crippen LogP contribution >= 0.6 is 0 Å². The van der Waals surface area contributed by atoms with Gasteiger partial charge in [-0.15, -0.1) is 0 Å². The van der Waals surface area contributed by atoms with Gasteiger partial charge >= 0.3 is 5.97 Å². The molecule has 19 heavy (non-hydrogen) atoms. The molecule has 0 aromatic heterocycles. The quantitative estimate of drug-likeness (QED) is 0.778. The van der Waals surface area contributed by atoms with Crippen LogP contribution in [-0.2, 0) is 9.53 Å². The van der Waals surface area contributed by atoms with Crippen molar-refractivity contribution in [2.24, 2.45) is 0 Å². The van der Waals surface area contributed by atoms with Crippen LogP contribution in [0, 0.1) is 0 Å². The molecule has 1 fully saturated rings. The van der Waals surface area contributed by atoms with E-state index in [1.165, 1.54) is 7.11 Å². The average molecular weight is 265 g/mol. The number of methoxy groups -OCH3 is 1. The minimum Gasteiger partial charge on any atom is -0.489 e. The largest absolute Gasteiger partial charge is 0.489 e. The lowest BCUT2D eigenvalue weighted by Crippen LogP contribution is -2.19. The number of carbonyl (C=O) groups is 1. The molecule has 0 radical (unpaired) electrons. The average Bonchev–Trinajstić information content (AvgIpc) is 2.91. The first-order valence-corrected chi connectivity index (χ1v) is 6.41. The third-order valence-electron chi connectivity index (χ3n) is 3.15. The van der Waals surface area contributed by atoms with Crippen LogP contribution in [0.25, 0.3) is 0 Å². The minimum absolute atomic E-state index is 0.0507. The van der Waals surface area contributed by atoms with Crippen LogP contribution in [0.2, 0.25) is 0 Å². The Morgan fingerprint density at radius 2 is 2.42 bits per heavy atom. The maximum atomic E-state index is 11.1. The second kappa shape index (κ2) is 6.54. The van der Waals surface area contributed by atoms with E-state index < -0.39 is 12.1 Å². The van der Waals surface area contributed by atoms with Gasteiger partial charge in [0.15, 0.2) is 0 Å². The van der Waals surface area contributed by atoms with E-state index in [0.29, 0.717) is 5.56 Å². The Bertz CT molecular complexity index is 429. The summed E-state index contributed by atoms with van der Waals surface area (Å²) in [7, 11) is 1.31. The Hall–Kier alpha value is -1.59. The van der Waals surface area contributed by atoms with E-state index in [4.69, 9.17) is 4.74 Å². The van der Waals surface area contributed by atoms with Gasteiger partial charge in [-0.05, 0) is 30.7 Å². The van der Waals surface area contributed by atoms with Gasteiger partial charge in [-0.1, -0.05) is 12.1 Å². The van der Waals surface area contributed by atoms with Gasteiger partial charge in [-0.2, -0.15) is 0 Å². The van der Waals surface area contributed by atoms with E-state index in [1.807, 2.05) is 12.1 Å². The molecule has 0 aliphatic carbocycles. The van der Waals surface area contributed by atoms with Gasteiger partial charge in [-0.25, -0.2) is 0 Å². The molecule has 0 amide bonds. The second-order valence-corrected chi connectivity index (χ2v) is 4.60. The zero-order chi connectivity index (χ0) is 13.7. The number of nitrogens with one attached hydrogen (secondary N) is 1. The van der Waals surface area contributed by atoms with Crippen molar-refractivity contribution in [3.05, 3.63) is 29.8 Å². The highest BCUT2D eigenvalue weighted by Gasteiger charge is 2.17. The minimum atomic E-state index is -0.863. The molecule has 1 unspecified atom stereocenters. The first-order valence-electron chi connectivity index (χ1n) is 6.41. The summed E-state index contributed by atoms with van der Waals surface area (Å²) in [6.45, 7) is 1.81. The highest BCUT2D eigenvalue weighted by atomic mass is 16.5. The van der Waals surface area contributed by atoms with Gasteiger partial charge in [-0.3, -0.25) is 4.79 Å². The highest BCUT2D eigenvalue weighted by Crippen LogP contribution is 2.23. The van der Waals surface area contributed by atoms with Crippen LogP contribution in [0.3, 0.4) is 0 Å². The standard InChI is InChI=1S/C14H19NO4/c1-18-14(17)8-13(16)10-3-2-4-11(7-10)19-12-5-6-15-9-12/h2-4,7,12-13,15-16H,5-6,8-9H2,1H3/t12?,13-/m1/s1. The SMILES string of the molecule is COC(=O)C[C@@H](O)c1cccc(OC2CCNC2)c1. The van der Waals surface area contributed by atoms with Crippen molar-refractivity contribution in [1.29, 1.82) is 0 Å². The molecule has 2 atom stereocenters. The third-order valence-corrected chi connectivity index (χ3v) is 3.15. The lowest BCUT2D eigenvalue weighted by Gasteiger charge is -2.15. The lowest BCUT2D eigenvalue weighted by atomic mass is 10.1. The van der Waals surface area contributed by atoms with Crippen LogP contribution in [0.4, 0.5) is 0 Å². The Balaban J connectivity index is 1.99. The predicted molar refractivity (Wildman–Crippen MR) is 69.9 cm³/mol. The smallest absolute Gasteiger partial charge is 0.308 e. The zero-order valence-electron chi connectivity index (χ0n) is 11.0. The predicted octanol–water partition coefficient (Wildman–Crippen LogP) is 1.02. The summed E-state index contributed by atoms with van der Waals surface area (Å²) in [4.78, 5) is 11.1. The zero-order valence-corrected chi connectivity index (χ0v) is 11.0. The molecule has 5 heteroatoms. The topological polar surface area (TPSA) is 67.8 Å². The third kappa shape index (κ3) is 3.94. The van der Waals surface area contributed by atoms with Crippen molar-refractivity contribution < 1.29 is 19.4 Å². The maximum Gasteiger partial charge on any atom is 0.308 e. The lowest BCUT2D eigenvalue weighted by molar-refractivity contribution is -0.142. The fourth-order valence-electron chi connectivity index (χ4n) is 2.08. The van der Waals surface area contributed by atoms with Crippen molar-refractivity contribution >= 4 is 5.97 Å². The summed E-state index contributed by atoms with van der Waals surface area (Å²) in [5.74, 6) is 0.286. The van der Waals surface area contributed by atoms with Crippen molar-refractivity contribution in [1.82, 2.24) is 5.32 Å². The van der Waals surface area contributed by atoms with Crippen molar-refractivity contribution in [3.8, 4) is 5.75 Å². The number of hydrogen-bond donors (Lipinski definition) is 2. The molecular formula is C14H19NO4. The summed E-state index contributed by atoms with van der Waals surface area (Å²) < 4.78 is 10.3. The van der Waals surface area contributed by atoms with Crippen molar-refractivity contribution in [2.45, 2.75) is 25.0 Å². The molecule has 0 saturated carbocycles. The number of esters is 1. The monoisotopic (exact) mass is 265 g/mol. The number of rotatable bonds is 5. The van der Waals surface area contributed by atoms with Crippen LogP contribution in [0.1, 0.15) is 24.5 Å². The summed E-state index contributed by atoms with van der Waals surface area (Å²) >= 11 is 0. The first-order chi connectivity index (χ1) is 9.19. The number of aliphatic hydroxyl groups excluding tert-OH is 1. The van der Waals surface area contributed by atoms with Crippen LogP contribution in [-0.4, -0.2) is 37.4 Å². The summed E-state index contributed by atoms with van der Waals surface area (Å²) in [5.41, 5.74) is 0.661. The van der Waals surface area contributed by atoms with E-state index >= 15 is 0 Å². The van der Waals surface area contributed by atoms with Gasteiger partial charge in [0.2, 0.25) is 0 Å². The fourth-order valence-corrected chi connectivity index (χ4v) is 2.08. The van der Waals surface area contributed by atoms with Crippen molar-refractivity contribution in [2.75, 3.05) is 20.2 Å². The number of ether oxygens (including phenoxy) is 2. The molecule has 1 saturated heterocycles. The number of carbonyl (C=O) groups excluding carboxylic acids is 1. The Morgan fingerprint density at radius 3 is 3.11 bits per heavy atom. The normalized spacial score (nSPS) is 20.0. The Labute approximate surface area is 112 Å². The van der Waals surface area contributed by atoms with E-state index in [-0.39, 0.29) is 12.5 Å². The molecule has 1 aromatic rings. The Kier molecular flexibility index (Phi) is 4.76. The van der Waals surface area contributed by atoms with E-state index in [1.54, 1.807) is 12.1 Å². The molecule has 1 aliphatic heterocycles. The fraction of sp³-hybridized carbons (Fsp3) is 0.500. The van der Waals surface area contributed by atoms with E-state index in [9.17, 15) is 9.90 Å². The summed E-state index contributed by atoms with van der Waals surface area (Å²) in [6, 6.07) is 7.21. The molecule has 5 nitrogen and oxygen atoms in total. The number of aliphatic hydroxyl groups is 1.